The standard InChI is InChI=1S/C29H52/c1-9-16-25(19-21-28(6,7)11-3)22-24(5)23-27(26-17-14-13-15-18-26)29(8,12-4)20-10-2/h1,22,25-27H,10-21,23H2,2-8H3/b24-22-. The molecule has 0 amide bonds. The van der Waals surface area contributed by atoms with Crippen molar-refractivity contribution < 1.29 is 0 Å². The zero-order valence-electron chi connectivity index (χ0n) is 21.1. The predicted octanol–water partition coefficient (Wildman–Crippen LogP) is 9.59. The second-order valence-electron chi connectivity index (χ2n) is 11.2. The van der Waals surface area contributed by atoms with E-state index in [4.69, 9.17) is 6.42 Å². The van der Waals surface area contributed by atoms with E-state index in [-0.39, 0.29) is 0 Å². The van der Waals surface area contributed by atoms with Gasteiger partial charge in [0.25, 0.3) is 0 Å². The number of rotatable bonds is 13. The van der Waals surface area contributed by atoms with Gasteiger partial charge in [0.1, 0.15) is 0 Å². The number of hydrogen-bond acceptors (Lipinski definition) is 0. The Balaban J connectivity index is 2.97. The molecule has 0 nitrogen and oxygen atoms in total. The van der Waals surface area contributed by atoms with E-state index in [9.17, 15) is 0 Å². The van der Waals surface area contributed by atoms with Gasteiger partial charge < -0.3 is 0 Å². The van der Waals surface area contributed by atoms with Crippen molar-refractivity contribution in [2.24, 2.45) is 28.6 Å². The van der Waals surface area contributed by atoms with Crippen molar-refractivity contribution in [1.29, 1.82) is 0 Å². The molecule has 0 heteroatoms. The molecule has 1 rings (SSSR count). The van der Waals surface area contributed by atoms with Gasteiger partial charge in [0.2, 0.25) is 0 Å². The first kappa shape index (κ1) is 26.3. The van der Waals surface area contributed by atoms with E-state index >= 15 is 0 Å². The van der Waals surface area contributed by atoms with Crippen molar-refractivity contribution >= 4 is 0 Å². The van der Waals surface area contributed by atoms with Crippen molar-refractivity contribution in [2.45, 2.75) is 132 Å². The average Bonchev–Trinajstić information content (AvgIpc) is 2.71. The molecule has 29 heavy (non-hydrogen) atoms. The van der Waals surface area contributed by atoms with Crippen LogP contribution in [0.15, 0.2) is 11.6 Å². The Kier molecular flexibility index (Phi) is 11.7. The first-order chi connectivity index (χ1) is 13.7. The molecule has 0 radical (unpaired) electrons. The second kappa shape index (κ2) is 12.9. The van der Waals surface area contributed by atoms with Gasteiger partial charge in [0.05, 0.1) is 0 Å². The van der Waals surface area contributed by atoms with Crippen molar-refractivity contribution in [3.63, 3.8) is 0 Å². The van der Waals surface area contributed by atoms with Crippen LogP contribution in [-0.4, -0.2) is 0 Å². The van der Waals surface area contributed by atoms with E-state index < -0.39 is 0 Å². The van der Waals surface area contributed by atoms with Crippen LogP contribution in [0.5, 0.6) is 0 Å². The summed E-state index contributed by atoms with van der Waals surface area (Å²) in [6.45, 7) is 16.9. The minimum atomic E-state index is 0.432. The number of hydrogen-bond donors (Lipinski definition) is 0. The molecule has 1 saturated carbocycles. The van der Waals surface area contributed by atoms with Gasteiger partial charge in [0.15, 0.2) is 0 Å². The minimum absolute atomic E-state index is 0.432. The molecule has 0 aromatic rings. The van der Waals surface area contributed by atoms with Crippen LogP contribution in [0, 0.1) is 40.9 Å². The molecule has 0 bridgehead atoms. The van der Waals surface area contributed by atoms with Crippen LogP contribution in [0.4, 0.5) is 0 Å². The van der Waals surface area contributed by atoms with Crippen molar-refractivity contribution in [3.8, 4) is 12.3 Å². The molecule has 0 spiro atoms. The normalized spacial score (nSPS) is 20.7. The molecule has 0 saturated heterocycles. The molecule has 0 aliphatic heterocycles. The lowest BCUT2D eigenvalue weighted by Gasteiger charge is -2.44. The molecule has 3 atom stereocenters. The van der Waals surface area contributed by atoms with Gasteiger partial charge in [-0.05, 0) is 61.2 Å². The first-order valence-electron chi connectivity index (χ1n) is 12.8. The van der Waals surface area contributed by atoms with Crippen LogP contribution in [0.3, 0.4) is 0 Å². The maximum absolute atomic E-state index is 5.75. The highest BCUT2D eigenvalue weighted by Crippen LogP contribution is 2.48. The van der Waals surface area contributed by atoms with E-state index in [2.05, 4.69) is 60.5 Å². The summed E-state index contributed by atoms with van der Waals surface area (Å²) in [5.74, 6) is 5.27. The quantitative estimate of drug-likeness (QED) is 0.213. The summed E-state index contributed by atoms with van der Waals surface area (Å²) in [5.41, 5.74) is 2.52. The Hall–Kier alpha value is -0.700. The SMILES string of the molecule is C#CCC(/C=C(/C)CC(C1CCCCC1)C(C)(CC)CCC)CCC(C)(C)CC. The molecule has 0 aromatic carbocycles. The van der Waals surface area contributed by atoms with Gasteiger partial charge in [-0.3, -0.25) is 0 Å². The fourth-order valence-corrected chi connectivity index (χ4v) is 5.68. The number of terminal acetylenes is 1. The maximum Gasteiger partial charge on any atom is 0.0149 e. The van der Waals surface area contributed by atoms with Gasteiger partial charge in [-0.1, -0.05) is 105 Å². The van der Waals surface area contributed by atoms with Gasteiger partial charge in [0, 0.05) is 6.42 Å². The summed E-state index contributed by atoms with van der Waals surface area (Å²) in [5, 5.41) is 0. The molecule has 168 valence electrons. The Morgan fingerprint density at radius 3 is 2.21 bits per heavy atom. The highest BCUT2D eigenvalue weighted by atomic mass is 14.4. The van der Waals surface area contributed by atoms with E-state index in [1.807, 2.05) is 0 Å². The highest BCUT2D eigenvalue weighted by Gasteiger charge is 2.37. The van der Waals surface area contributed by atoms with Crippen LogP contribution >= 0.6 is 0 Å². The third kappa shape index (κ3) is 8.90. The van der Waals surface area contributed by atoms with E-state index in [1.54, 1.807) is 5.57 Å². The van der Waals surface area contributed by atoms with Gasteiger partial charge in [-0.2, -0.15) is 0 Å². The van der Waals surface area contributed by atoms with Crippen molar-refractivity contribution in [3.05, 3.63) is 11.6 Å². The summed E-state index contributed by atoms with van der Waals surface area (Å²) >= 11 is 0. The molecule has 1 fully saturated rings. The Bertz CT molecular complexity index is 511. The first-order valence-corrected chi connectivity index (χ1v) is 12.8. The summed E-state index contributed by atoms with van der Waals surface area (Å²) < 4.78 is 0. The van der Waals surface area contributed by atoms with Gasteiger partial charge in [-0.15, -0.1) is 12.3 Å². The molecular formula is C29H52. The Morgan fingerprint density at radius 1 is 1.03 bits per heavy atom. The number of allylic oxidation sites excluding steroid dienone is 2. The van der Waals surface area contributed by atoms with Gasteiger partial charge in [-0.25, -0.2) is 0 Å². The van der Waals surface area contributed by atoms with Crippen LogP contribution < -0.4 is 0 Å². The zero-order chi connectivity index (χ0) is 21.9. The Labute approximate surface area is 184 Å². The fraction of sp³-hybridized carbons (Fsp3) is 0.862. The molecular weight excluding hydrogens is 348 g/mol. The second-order valence-corrected chi connectivity index (χ2v) is 11.2. The van der Waals surface area contributed by atoms with E-state index in [0.29, 0.717) is 16.7 Å². The smallest absolute Gasteiger partial charge is 0.0149 e. The summed E-state index contributed by atoms with van der Waals surface area (Å²) in [7, 11) is 0. The van der Waals surface area contributed by atoms with Crippen molar-refractivity contribution in [2.75, 3.05) is 0 Å². The van der Waals surface area contributed by atoms with Crippen LogP contribution in [-0.2, 0) is 0 Å². The van der Waals surface area contributed by atoms with Crippen LogP contribution in [0.2, 0.25) is 0 Å². The van der Waals surface area contributed by atoms with E-state index in [0.717, 1.165) is 18.3 Å². The topological polar surface area (TPSA) is 0 Å². The molecule has 0 N–H and O–H groups in total. The van der Waals surface area contributed by atoms with Crippen LogP contribution in [0.25, 0.3) is 0 Å². The lowest BCUT2D eigenvalue weighted by atomic mass is 9.61. The monoisotopic (exact) mass is 400 g/mol. The Morgan fingerprint density at radius 2 is 1.69 bits per heavy atom. The van der Waals surface area contributed by atoms with Crippen LogP contribution in [0.1, 0.15) is 132 Å². The molecule has 1 aliphatic rings. The third-order valence-electron chi connectivity index (χ3n) is 8.33. The molecule has 0 aromatic heterocycles. The zero-order valence-corrected chi connectivity index (χ0v) is 21.1. The molecule has 3 unspecified atom stereocenters. The minimum Gasteiger partial charge on any atom is -0.120 e. The lowest BCUT2D eigenvalue weighted by molar-refractivity contribution is 0.0773. The summed E-state index contributed by atoms with van der Waals surface area (Å²) in [4.78, 5) is 0. The van der Waals surface area contributed by atoms with Gasteiger partial charge >= 0.3 is 0 Å². The molecule has 1 aliphatic carbocycles. The summed E-state index contributed by atoms with van der Waals surface area (Å²) in [6.07, 6.45) is 25.5. The lowest BCUT2D eigenvalue weighted by Crippen LogP contribution is -2.34. The summed E-state index contributed by atoms with van der Waals surface area (Å²) in [6, 6.07) is 0. The highest BCUT2D eigenvalue weighted by molar-refractivity contribution is 5.07. The maximum atomic E-state index is 5.75. The molecule has 0 heterocycles. The largest absolute Gasteiger partial charge is 0.120 e. The predicted molar refractivity (Wildman–Crippen MR) is 132 cm³/mol. The van der Waals surface area contributed by atoms with E-state index in [1.165, 1.54) is 77.0 Å². The van der Waals surface area contributed by atoms with Crippen molar-refractivity contribution in [1.82, 2.24) is 0 Å². The third-order valence-corrected chi connectivity index (χ3v) is 8.33. The fourth-order valence-electron chi connectivity index (χ4n) is 5.68. The average molecular weight is 401 g/mol.